The van der Waals surface area contributed by atoms with E-state index in [0.717, 1.165) is 29.9 Å². The maximum atomic E-state index is 5.94. The normalized spacial score (nSPS) is 27.9. The SMILES string of the molecule is Brc1ccc(C2CN=C(C3CCCN3)O2)cc1. The van der Waals surface area contributed by atoms with Gasteiger partial charge in [0.1, 0.15) is 6.10 Å². The smallest absolute Gasteiger partial charge is 0.201 e. The van der Waals surface area contributed by atoms with Gasteiger partial charge in [-0.3, -0.25) is 0 Å². The molecular weight excluding hydrogens is 280 g/mol. The van der Waals surface area contributed by atoms with Crippen LogP contribution in [0.25, 0.3) is 0 Å². The number of benzene rings is 1. The van der Waals surface area contributed by atoms with Gasteiger partial charge in [0.05, 0.1) is 12.6 Å². The lowest BCUT2D eigenvalue weighted by Gasteiger charge is -2.15. The van der Waals surface area contributed by atoms with Gasteiger partial charge in [-0.25, -0.2) is 4.99 Å². The van der Waals surface area contributed by atoms with E-state index < -0.39 is 0 Å². The fourth-order valence-corrected chi connectivity index (χ4v) is 2.60. The molecule has 0 saturated carbocycles. The van der Waals surface area contributed by atoms with E-state index in [1.807, 2.05) is 12.1 Å². The lowest BCUT2D eigenvalue weighted by atomic mass is 10.1. The molecule has 2 unspecified atom stereocenters. The van der Waals surface area contributed by atoms with E-state index in [1.54, 1.807) is 0 Å². The minimum Gasteiger partial charge on any atom is -0.470 e. The quantitative estimate of drug-likeness (QED) is 0.910. The fourth-order valence-electron chi connectivity index (χ4n) is 2.33. The molecule has 1 aromatic rings. The van der Waals surface area contributed by atoms with Gasteiger partial charge in [-0.05, 0) is 37.1 Å². The number of hydrogen-bond donors (Lipinski definition) is 1. The summed E-state index contributed by atoms with van der Waals surface area (Å²) >= 11 is 3.44. The largest absolute Gasteiger partial charge is 0.470 e. The molecule has 2 heterocycles. The van der Waals surface area contributed by atoms with Gasteiger partial charge in [0.25, 0.3) is 0 Å². The highest BCUT2D eigenvalue weighted by Gasteiger charge is 2.29. The van der Waals surface area contributed by atoms with Crippen molar-refractivity contribution in [3.8, 4) is 0 Å². The minimum atomic E-state index is 0.0977. The van der Waals surface area contributed by atoms with Gasteiger partial charge in [0.15, 0.2) is 0 Å². The van der Waals surface area contributed by atoms with Crippen LogP contribution in [0.15, 0.2) is 33.7 Å². The third kappa shape index (κ3) is 2.38. The highest BCUT2D eigenvalue weighted by Crippen LogP contribution is 2.26. The predicted octanol–water partition coefficient (Wildman–Crippen LogP) is 2.67. The molecule has 1 N–H and O–H groups in total. The topological polar surface area (TPSA) is 33.6 Å². The van der Waals surface area contributed by atoms with E-state index >= 15 is 0 Å². The molecule has 3 nitrogen and oxygen atoms in total. The van der Waals surface area contributed by atoms with Crippen LogP contribution in [0.5, 0.6) is 0 Å². The number of aliphatic imine (C=N–C) groups is 1. The maximum absolute atomic E-state index is 5.94. The fraction of sp³-hybridized carbons (Fsp3) is 0.462. The molecule has 4 heteroatoms. The molecule has 0 spiro atoms. The van der Waals surface area contributed by atoms with Gasteiger partial charge in [0.2, 0.25) is 5.90 Å². The second-order valence-corrected chi connectivity index (χ2v) is 5.40. The van der Waals surface area contributed by atoms with Crippen LogP contribution < -0.4 is 5.32 Å². The number of ether oxygens (including phenoxy) is 1. The van der Waals surface area contributed by atoms with Crippen LogP contribution >= 0.6 is 15.9 Å². The van der Waals surface area contributed by atoms with E-state index in [2.05, 4.69) is 38.4 Å². The average molecular weight is 295 g/mol. The summed E-state index contributed by atoms with van der Waals surface area (Å²) in [6.07, 6.45) is 2.46. The standard InChI is InChI=1S/C13H15BrN2O/c14-10-5-3-9(4-6-10)12-8-16-13(17-12)11-2-1-7-15-11/h3-6,11-12,15H,1-2,7-8H2. The Kier molecular flexibility index (Phi) is 3.16. The summed E-state index contributed by atoms with van der Waals surface area (Å²) in [7, 11) is 0. The molecular formula is C13H15BrN2O. The predicted molar refractivity (Wildman–Crippen MR) is 71.3 cm³/mol. The zero-order valence-electron chi connectivity index (χ0n) is 9.53. The molecule has 0 aliphatic carbocycles. The lowest BCUT2D eigenvalue weighted by Crippen LogP contribution is -2.31. The zero-order chi connectivity index (χ0) is 11.7. The molecule has 2 aliphatic rings. The van der Waals surface area contributed by atoms with Crippen molar-refractivity contribution in [3.63, 3.8) is 0 Å². The number of nitrogens with zero attached hydrogens (tertiary/aromatic N) is 1. The van der Waals surface area contributed by atoms with E-state index in [1.165, 1.54) is 12.0 Å². The van der Waals surface area contributed by atoms with Crippen molar-refractivity contribution in [2.45, 2.75) is 25.0 Å². The van der Waals surface area contributed by atoms with Crippen LogP contribution in [0.3, 0.4) is 0 Å². The Labute approximate surface area is 109 Å². The first-order valence-electron chi connectivity index (χ1n) is 6.03. The Morgan fingerprint density at radius 3 is 2.82 bits per heavy atom. The molecule has 1 saturated heterocycles. The second kappa shape index (κ2) is 4.78. The average Bonchev–Trinajstić information content (AvgIpc) is 3.00. The van der Waals surface area contributed by atoms with Gasteiger partial charge in [0, 0.05) is 4.47 Å². The lowest BCUT2D eigenvalue weighted by molar-refractivity contribution is 0.219. The Bertz CT molecular complexity index is 424. The summed E-state index contributed by atoms with van der Waals surface area (Å²) in [6, 6.07) is 8.62. The second-order valence-electron chi connectivity index (χ2n) is 4.49. The number of halogens is 1. The summed E-state index contributed by atoms with van der Waals surface area (Å²) < 4.78 is 7.04. The van der Waals surface area contributed by atoms with Gasteiger partial charge in [-0.15, -0.1) is 0 Å². The summed E-state index contributed by atoms with van der Waals surface area (Å²) in [6.45, 7) is 1.82. The molecule has 1 aromatic carbocycles. The van der Waals surface area contributed by atoms with Gasteiger partial charge in [-0.1, -0.05) is 28.1 Å². The van der Waals surface area contributed by atoms with Crippen LogP contribution in [0.1, 0.15) is 24.5 Å². The van der Waals surface area contributed by atoms with E-state index in [4.69, 9.17) is 4.74 Å². The van der Waals surface area contributed by atoms with Crippen LogP contribution in [0.4, 0.5) is 0 Å². The van der Waals surface area contributed by atoms with E-state index in [0.29, 0.717) is 6.04 Å². The molecule has 0 radical (unpaired) electrons. The maximum Gasteiger partial charge on any atom is 0.201 e. The third-order valence-corrected chi connectivity index (χ3v) is 3.80. The first kappa shape index (κ1) is 11.2. The van der Waals surface area contributed by atoms with Gasteiger partial charge < -0.3 is 10.1 Å². The van der Waals surface area contributed by atoms with Crippen LogP contribution in [-0.2, 0) is 4.74 Å². The van der Waals surface area contributed by atoms with Crippen molar-refractivity contribution >= 4 is 21.8 Å². The molecule has 0 aromatic heterocycles. The zero-order valence-corrected chi connectivity index (χ0v) is 11.1. The molecule has 0 amide bonds. The van der Waals surface area contributed by atoms with Crippen LogP contribution in [0.2, 0.25) is 0 Å². The van der Waals surface area contributed by atoms with E-state index in [9.17, 15) is 0 Å². The van der Waals surface area contributed by atoms with Gasteiger partial charge in [-0.2, -0.15) is 0 Å². The third-order valence-electron chi connectivity index (χ3n) is 3.28. The summed E-state index contributed by atoms with van der Waals surface area (Å²) in [5, 5.41) is 3.42. The number of rotatable bonds is 2. The van der Waals surface area contributed by atoms with E-state index in [-0.39, 0.29) is 6.10 Å². The minimum absolute atomic E-state index is 0.0977. The molecule has 90 valence electrons. The number of nitrogens with one attached hydrogen (secondary N) is 1. The summed E-state index contributed by atoms with van der Waals surface area (Å²) in [4.78, 5) is 4.52. The molecule has 17 heavy (non-hydrogen) atoms. The van der Waals surface area contributed by atoms with Crippen LogP contribution in [-0.4, -0.2) is 25.0 Å². The summed E-state index contributed by atoms with van der Waals surface area (Å²) in [5.41, 5.74) is 1.20. The Hall–Kier alpha value is -0.870. The molecule has 2 atom stereocenters. The van der Waals surface area contributed by atoms with Crippen LogP contribution in [0, 0.1) is 0 Å². The van der Waals surface area contributed by atoms with Crippen molar-refractivity contribution < 1.29 is 4.74 Å². The number of hydrogen-bond acceptors (Lipinski definition) is 3. The molecule has 0 bridgehead atoms. The van der Waals surface area contributed by atoms with Gasteiger partial charge >= 0.3 is 0 Å². The highest BCUT2D eigenvalue weighted by molar-refractivity contribution is 9.10. The van der Waals surface area contributed by atoms with Crippen molar-refractivity contribution in [2.75, 3.05) is 13.1 Å². The first-order chi connectivity index (χ1) is 8.33. The highest BCUT2D eigenvalue weighted by atomic mass is 79.9. The Morgan fingerprint density at radius 1 is 1.29 bits per heavy atom. The van der Waals surface area contributed by atoms with Crippen molar-refractivity contribution in [1.29, 1.82) is 0 Å². The first-order valence-corrected chi connectivity index (χ1v) is 6.82. The monoisotopic (exact) mass is 294 g/mol. The van der Waals surface area contributed by atoms with Crippen molar-refractivity contribution in [1.82, 2.24) is 5.32 Å². The van der Waals surface area contributed by atoms with Crippen molar-refractivity contribution in [3.05, 3.63) is 34.3 Å². The summed E-state index contributed by atoms with van der Waals surface area (Å²) in [5.74, 6) is 0.899. The molecule has 3 rings (SSSR count). The van der Waals surface area contributed by atoms with Crippen molar-refractivity contribution in [2.24, 2.45) is 4.99 Å². The Morgan fingerprint density at radius 2 is 2.12 bits per heavy atom. The molecule has 2 aliphatic heterocycles. The Balaban J connectivity index is 1.67. The molecule has 1 fully saturated rings.